The van der Waals surface area contributed by atoms with Gasteiger partial charge in [0.25, 0.3) is 0 Å². The van der Waals surface area contributed by atoms with Gasteiger partial charge in [-0.2, -0.15) is 10.4 Å². The number of H-pyrrole nitrogens is 1. The van der Waals surface area contributed by atoms with Gasteiger partial charge in [0, 0.05) is 11.1 Å². The highest BCUT2D eigenvalue weighted by atomic mass is 32.1. The lowest BCUT2D eigenvalue weighted by molar-refractivity contribution is 0.0979. The number of carbonyl (C=O) groups is 1. The molecule has 0 aliphatic carbocycles. The summed E-state index contributed by atoms with van der Waals surface area (Å²) < 4.78 is 0.959. The Morgan fingerprint density at radius 3 is 2.84 bits per heavy atom. The van der Waals surface area contributed by atoms with E-state index in [1.54, 1.807) is 18.2 Å². The maximum Gasteiger partial charge on any atom is 0.186 e. The predicted octanol–water partition coefficient (Wildman–Crippen LogP) is 3.57. The molecule has 6 nitrogen and oxygen atoms in total. The number of Topliss-reactive ketones (excluding diaryl/α,β-unsaturated/α-hetero) is 1. The molecule has 0 saturated heterocycles. The standard InChI is InChI=1S/C18H11N5OS/c19-9-13(18-22-14-6-1-2-7-15(14)25-18)16(24)11-4-3-5-12(8-11)17-20-10-21-23-17/h1-8,10,13H,(H,20,21,23)/t13-/m1/s1. The second-order valence-corrected chi connectivity index (χ2v) is 6.42. The fourth-order valence-electron chi connectivity index (χ4n) is 2.57. The van der Waals surface area contributed by atoms with Crippen molar-refractivity contribution in [3.63, 3.8) is 0 Å². The summed E-state index contributed by atoms with van der Waals surface area (Å²) in [6, 6.07) is 16.7. The minimum absolute atomic E-state index is 0.275. The molecule has 0 fully saturated rings. The van der Waals surface area contributed by atoms with Crippen LogP contribution in [-0.4, -0.2) is 25.9 Å². The lowest BCUT2D eigenvalue weighted by Crippen LogP contribution is -2.11. The highest BCUT2D eigenvalue weighted by Gasteiger charge is 2.25. The molecule has 2 aromatic heterocycles. The van der Waals surface area contributed by atoms with E-state index in [0.29, 0.717) is 16.4 Å². The topological polar surface area (TPSA) is 95.3 Å². The Bertz CT molecular complexity index is 1060. The summed E-state index contributed by atoms with van der Waals surface area (Å²) in [5.41, 5.74) is 1.98. The van der Waals surface area contributed by atoms with Crippen LogP contribution in [0.3, 0.4) is 0 Å². The molecule has 4 rings (SSSR count). The second kappa shape index (κ2) is 6.26. The monoisotopic (exact) mass is 345 g/mol. The van der Waals surface area contributed by atoms with Crippen LogP contribution in [0.15, 0.2) is 54.9 Å². The van der Waals surface area contributed by atoms with Gasteiger partial charge in [-0.25, -0.2) is 9.97 Å². The number of nitriles is 1. The van der Waals surface area contributed by atoms with Gasteiger partial charge in [0.15, 0.2) is 17.5 Å². The normalized spacial score (nSPS) is 12.0. The average Bonchev–Trinajstić information content (AvgIpc) is 3.32. The van der Waals surface area contributed by atoms with Gasteiger partial charge in [0.2, 0.25) is 0 Å². The zero-order chi connectivity index (χ0) is 17.2. The van der Waals surface area contributed by atoms with Crippen molar-refractivity contribution in [3.05, 3.63) is 65.4 Å². The van der Waals surface area contributed by atoms with Crippen LogP contribution >= 0.6 is 11.3 Å². The van der Waals surface area contributed by atoms with Gasteiger partial charge in [-0.1, -0.05) is 30.3 Å². The molecule has 4 aromatic rings. The van der Waals surface area contributed by atoms with Crippen molar-refractivity contribution in [2.24, 2.45) is 0 Å². The quantitative estimate of drug-likeness (QED) is 0.570. The molecule has 0 amide bonds. The third kappa shape index (κ3) is 2.79. The molecule has 120 valence electrons. The van der Waals surface area contributed by atoms with E-state index < -0.39 is 5.92 Å². The van der Waals surface area contributed by atoms with Crippen molar-refractivity contribution in [2.45, 2.75) is 5.92 Å². The molecule has 1 atom stereocenters. The number of para-hydroxylation sites is 1. The Morgan fingerprint density at radius 2 is 2.08 bits per heavy atom. The van der Waals surface area contributed by atoms with Crippen LogP contribution in [-0.2, 0) is 0 Å². The van der Waals surface area contributed by atoms with E-state index in [1.165, 1.54) is 17.7 Å². The van der Waals surface area contributed by atoms with Crippen LogP contribution in [0.1, 0.15) is 21.3 Å². The van der Waals surface area contributed by atoms with E-state index in [2.05, 4.69) is 26.2 Å². The Kier molecular flexibility index (Phi) is 3.80. The van der Waals surface area contributed by atoms with Crippen LogP contribution in [0.2, 0.25) is 0 Å². The SMILES string of the molecule is N#C[C@H](C(=O)c1cccc(-c2ncn[nH]2)c1)c1nc2ccccc2s1. The molecule has 0 unspecified atom stereocenters. The van der Waals surface area contributed by atoms with Gasteiger partial charge >= 0.3 is 0 Å². The minimum Gasteiger partial charge on any atom is -0.292 e. The smallest absolute Gasteiger partial charge is 0.186 e. The zero-order valence-electron chi connectivity index (χ0n) is 12.9. The molecule has 7 heteroatoms. The van der Waals surface area contributed by atoms with E-state index >= 15 is 0 Å². The Morgan fingerprint density at radius 1 is 1.20 bits per heavy atom. The number of nitrogens with one attached hydrogen (secondary N) is 1. The fourth-order valence-corrected chi connectivity index (χ4v) is 3.58. The summed E-state index contributed by atoms with van der Waals surface area (Å²) in [7, 11) is 0. The number of aromatic nitrogens is 4. The minimum atomic E-state index is -0.928. The van der Waals surface area contributed by atoms with Gasteiger partial charge in [0.1, 0.15) is 11.3 Å². The number of carbonyl (C=O) groups excluding carboxylic acids is 1. The number of hydrogen-bond acceptors (Lipinski definition) is 6. The molecular weight excluding hydrogens is 334 g/mol. The lowest BCUT2D eigenvalue weighted by Gasteiger charge is -2.06. The molecule has 2 aromatic carbocycles. The Hall–Kier alpha value is -3.37. The number of aromatic amines is 1. The number of ketones is 1. The van der Waals surface area contributed by atoms with Crippen molar-refractivity contribution < 1.29 is 4.79 Å². The Balaban J connectivity index is 1.71. The molecule has 0 radical (unpaired) electrons. The number of thiazole rings is 1. The maximum absolute atomic E-state index is 12.9. The summed E-state index contributed by atoms with van der Waals surface area (Å²) in [4.78, 5) is 21.4. The van der Waals surface area contributed by atoms with Crippen LogP contribution in [0, 0.1) is 11.3 Å². The first kappa shape index (κ1) is 15.2. The fraction of sp³-hybridized carbons (Fsp3) is 0.0556. The van der Waals surface area contributed by atoms with Crippen LogP contribution in [0.25, 0.3) is 21.6 Å². The molecule has 2 heterocycles. The van der Waals surface area contributed by atoms with Crippen LogP contribution in [0.4, 0.5) is 0 Å². The molecule has 25 heavy (non-hydrogen) atoms. The van der Waals surface area contributed by atoms with Crippen molar-refractivity contribution in [1.82, 2.24) is 20.2 Å². The molecule has 0 saturated carbocycles. The van der Waals surface area contributed by atoms with Gasteiger partial charge in [0.05, 0.1) is 16.3 Å². The second-order valence-electron chi connectivity index (χ2n) is 5.36. The number of benzene rings is 2. The molecule has 0 spiro atoms. The van der Waals surface area contributed by atoms with Crippen LogP contribution in [0.5, 0.6) is 0 Å². The molecule has 1 N–H and O–H groups in total. The van der Waals surface area contributed by atoms with Crippen molar-refractivity contribution in [3.8, 4) is 17.5 Å². The summed E-state index contributed by atoms with van der Waals surface area (Å²) in [6.45, 7) is 0. The van der Waals surface area contributed by atoms with E-state index in [1.807, 2.05) is 30.3 Å². The largest absolute Gasteiger partial charge is 0.292 e. The number of nitrogens with zero attached hydrogens (tertiary/aromatic N) is 4. The van der Waals surface area contributed by atoms with E-state index in [-0.39, 0.29) is 5.78 Å². The van der Waals surface area contributed by atoms with Crippen LogP contribution < -0.4 is 0 Å². The highest BCUT2D eigenvalue weighted by Crippen LogP contribution is 2.30. The summed E-state index contributed by atoms with van der Waals surface area (Å²) in [5.74, 6) is -0.631. The van der Waals surface area contributed by atoms with Gasteiger partial charge in [-0.15, -0.1) is 11.3 Å². The average molecular weight is 345 g/mol. The summed E-state index contributed by atoms with van der Waals surface area (Å²) in [5, 5.41) is 16.6. The number of rotatable bonds is 4. The van der Waals surface area contributed by atoms with Gasteiger partial charge in [-0.05, 0) is 18.2 Å². The summed E-state index contributed by atoms with van der Waals surface area (Å²) >= 11 is 1.37. The van der Waals surface area contributed by atoms with Crippen molar-refractivity contribution >= 4 is 27.3 Å². The first-order chi connectivity index (χ1) is 12.3. The first-order valence-electron chi connectivity index (χ1n) is 7.51. The molecule has 0 bridgehead atoms. The van der Waals surface area contributed by atoms with E-state index in [4.69, 9.17) is 0 Å². The third-order valence-corrected chi connectivity index (χ3v) is 4.89. The maximum atomic E-state index is 12.9. The van der Waals surface area contributed by atoms with Gasteiger partial charge in [-0.3, -0.25) is 9.89 Å². The highest BCUT2D eigenvalue weighted by molar-refractivity contribution is 7.18. The number of hydrogen-bond donors (Lipinski definition) is 1. The Labute approximate surface area is 146 Å². The predicted molar refractivity (Wildman–Crippen MR) is 94.1 cm³/mol. The first-order valence-corrected chi connectivity index (χ1v) is 8.33. The van der Waals surface area contributed by atoms with Crippen molar-refractivity contribution in [2.75, 3.05) is 0 Å². The number of fused-ring (bicyclic) bond motifs is 1. The summed E-state index contributed by atoms with van der Waals surface area (Å²) in [6.07, 6.45) is 1.41. The zero-order valence-corrected chi connectivity index (χ0v) is 13.7. The van der Waals surface area contributed by atoms with Crippen molar-refractivity contribution in [1.29, 1.82) is 5.26 Å². The molecule has 0 aliphatic heterocycles. The molecular formula is C18H11N5OS. The van der Waals surface area contributed by atoms with E-state index in [9.17, 15) is 10.1 Å². The van der Waals surface area contributed by atoms with E-state index in [0.717, 1.165) is 15.8 Å². The molecule has 0 aliphatic rings. The van der Waals surface area contributed by atoms with Gasteiger partial charge < -0.3 is 0 Å². The lowest BCUT2D eigenvalue weighted by atomic mass is 9.98. The third-order valence-electron chi connectivity index (χ3n) is 3.78.